The third-order valence-corrected chi connectivity index (χ3v) is 11.3. The Balaban J connectivity index is 1.05. The Morgan fingerprint density at radius 1 is 0.345 bits per heavy atom. The maximum Gasteiger partial charge on any atom is 0.221 e. The average molecular weight is 741 g/mol. The highest BCUT2D eigenvalue weighted by Gasteiger charge is 2.21. The lowest BCUT2D eigenvalue weighted by molar-refractivity contribution is 0.980. The minimum atomic E-state index is 0.693. The van der Waals surface area contributed by atoms with Crippen molar-refractivity contribution in [1.82, 2.24) is 28.9 Å². The van der Waals surface area contributed by atoms with Crippen LogP contribution in [0, 0.1) is 0 Å². The summed E-state index contributed by atoms with van der Waals surface area (Å²) in [6.45, 7) is 0. The molecule has 0 radical (unpaired) electrons. The van der Waals surface area contributed by atoms with Gasteiger partial charge >= 0.3 is 0 Å². The molecule has 0 saturated carbocycles. The molecule has 6 heteroatoms. The molecule has 12 rings (SSSR count). The first-order valence-electron chi connectivity index (χ1n) is 19.5. The lowest BCUT2D eigenvalue weighted by atomic mass is 9.99. The first-order valence-corrected chi connectivity index (χ1v) is 19.5. The summed E-state index contributed by atoms with van der Waals surface area (Å²) in [4.78, 5) is 20.7. The summed E-state index contributed by atoms with van der Waals surface area (Å²) in [5, 5.41) is 5.77. The molecule has 0 amide bonds. The van der Waals surface area contributed by atoms with Gasteiger partial charge in [0.2, 0.25) is 5.95 Å². The largest absolute Gasteiger partial charge is 0.279 e. The Morgan fingerprint density at radius 2 is 0.948 bits per heavy atom. The minimum absolute atomic E-state index is 0.693. The summed E-state index contributed by atoms with van der Waals surface area (Å²) >= 11 is 0. The van der Waals surface area contributed by atoms with E-state index in [4.69, 9.17) is 19.9 Å². The van der Waals surface area contributed by atoms with E-state index in [9.17, 15) is 0 Å². The van der Waals surface area contributed by atoms with E-state index in [-0.39, 0.29) is 0 Å². The van der Waals surface area contributed by atoms with Gasteiger partial charge in [-0.25, -0.2) is 19.9 Å². The predicted octanol–water partition coefficient (Wildman–Crippen LogP) is 12.7. The summed E-state index contributed by atoms with van der Waals surface area (Å²) in [6.07, 6.45) is 0. The highest BCUT2D eigenvalue weighted by molar-refractivity contribution is 6.22. The molecular formula is C52H32N6. The second-order valence-electron chi connectivity index (χ2n) is 14.7. The van der Waals surface area contributed by atoms with E-state index in [1.807, 2.05) is 48.5 Å². The van der Waals surface area contributed by atoms with Crippen molar-refractivity contribution in [3.05, 3.63) is 194 Å². The molecular weight excluding hydrogens is 709 g/mol. The van der Waals surface area contributed by atoms with Crippen LogP contribution in [0.25, 0.3) is 111 Å². The third kappa shape index (κ3) is 5.05. The molecule has 4 aromatic heterocycles. The van der Waals surface area contributed by atoms with Crippen LogP contribution in [-0.2, 0) is 0 Å². The van der Waals surface area contributed by atoms with Gasteiger partial charge in [0, 0.05) is 32.8 Å². The van der Waals surface area contributed by atoms with Gasteiger partial charge < -0.3 is 0 Å². The maximum atomic E-state index is 5.39. The van der Waals surface area contributed by atoms with Crippen molar-refractivity contribution < 1.29 is 0 Å². The predicted molar refractivity (Wildman–Crippen MR) is 237 cm³/mol. The molecule has 58 heavy (non-hydrogen) atoms. The molecule has 0 N–H and O–H groups in total. The molecule has 8 aromatic carbocycles. The number of fused-ring (bicyclic) bond motifs is 10. The van der Waals surface area contributed by atoms with E-state index in [2.05, 4.69) is 155 Å². The fourth-order valence-corrected chi connectivity index (χ4v) is 8.56. The Bertz CT molecular complexity index is 3490. The smallest absolute Gasteiger partial charge is 0.221 e. The Hall–Kier alpha value is -7.96. The van der Waals surface area contributed by atoms with E-state index in [0.29, 0.717) is 5.82 Å². The fraction of sp³-hybridized carbons (Fsp3) is 0. The highest BCUT2D eigenvalue weighted by Crippen LogP contribution is 2.40. The summed E-state index contributed by atoms with van der Waals surface area (Å²) in [5.74, 6) is 1.50. The SMILES string of the molecule is c1ccc(-c2cc(-c3ccccc3)nc(-c3ccc(-c4ccc5c(c4)c4c6ccccc6ccc4n5-c4nc5ccccc5c5nc6ccccc6n45)cc3)n2)cc1. The van der Waals surface area contributed by atoms with E-state index in [0.717, 1.165) is 89.2 Å². The van der Waals surface area contributed by atoms with E-state index < -0.39 is 0 Å². The molecule has 0 aliphatic carbocycles. The Morgan fingerprint density at radius 3 is 1.71 bits per heavy atom. The first-order chi connectivity index (χ1) is 28.7. The molecule has 0 spiro atoms. The summed E-state index contributed by atoms with van der Waals surface area (Å²) < 4.78 is 4.54. The van der Waals surface area contributed by atoms with Gasteiger partial charge in [-0.15, -0.1) is 0 Å². The standard InChI is InChI=1S/C52H32N6/c1-3-14-35(15-4-1)44-32-45(36-16-5-2-6-17-36)54-50(53-44)37-25-23-33(24-26-37)38-28-29-46-41(31-38)49-39-18-8-7-13-34(39)27-30-48(49)57(46)52-56-42-20-10-9-19-40(42)51-55-43-21-11-12-22-47(43)58(51)52/h1-32H. The van der Waals surface area contributed by atoms with Crippen molar-refractivity contribution >= 4 is 60.2 Å². The van der Waals surface area contributed by atoms with Crippen LogP contribution >= 0.6 is 0 Å². The number of nitrogens with zero attached hydrogens (tertiary/aromatic N) is 6. The number of aromatic nitrogens is 6. The summed E-state index contributed by atoms with van der Waals surface area (Å²) in [5.41, 5.74) is 13.0. The van der Waals surface area contributed by atoms with E-state index >= 15 is 0 Å². The molecule has 0 fully saturated rings. The van der Waals surface area contributed by atoms with Gasteiger partial charge in [0.1, 0.15) is 5.65 Å². The lowest BCUT2D eigenvalue weighted by Crippen LogP contribution is -2.06. The quantitative estimate of drug-likeness (QED) is 0.176. The number of hydrogen-bond acceptors (Lipinski definition) is 4. The number of hydrogen-bond donors (Lipinski definition) is 0. The van der Waals surface area contributed by atoms with Gasteiger partial charge in [0.05, 0.1) is 39.0 Å². The zero-order chi connectivity index (χ0) is 38.2. The van der Waals surface area contributed by atoms with Crippen LogP contribution in [0.5, 0.6) is 0 Å². The number of rotatable bonds is 5. The van der Waals surface area contributed by atoms with Crippen LogP contribution in [0.3, 0.4) is 0 Å². The van der Waals surface area contributed by atoms with Gasteiger partial charge in [-0.1, -0.05) is 146 Å². The van der Waals surface area contributed by atoms with Crippen LogP contribution in [0.1, 0.15) is 0 Å². The Labute approximate surface area is 333 Å². The van der Waals surface area contributed by atoms with E-state index in [1.54, 1.807) is 0 Å². The van der Waals surface area contributed by atoms with Crippen molar-refractivity contribution in [1.29, 1.82) is 0 Å². The van der Waals surface area contributed by atoms with Crippen molar-refractivity contribution in [2.45, 2.75) is 0 Å². The van der Waals surface area contributed by atoms with E-state index in [1.165, 1.54) is 16.2 Å². The molecule has 0 aliphatic heterocycles. The topological polar surface area (TPSA) is 60.9 Å². The summed E-state index contributed by atoms with van der Waals surface area (Å²) in [6, 6.07) is 67.8. The molecule has 0 atom stereocenters. The lowest BCUT2D eigenvalue weighted by Gasteiger charge is -2.13. The highest BCUT2D eigenvalue weighted by atomic mass is 15.2. The Kier molecular flexibility index (Phi) is 7.13. The molecule has 0 aliphatic rings. The van der Waals surface area contributed by atoms with Crippen molar-refractivity contribution in [2.24, 2.45) is 0 Å². The fourth-order valence-electron chi connectivity index (χ4n) is 8.56. The monoisotopic (exact) mass is 740 g/mol. The molecule has 6 nitrogen and oxygen atoms in total. The zero-order valence-electron chi connectivity index (χ0n) is 31.2. The number of imidazole rings is 1. The van der Waals surface area contributed by atoms with Gasteiger partial charge in [-0.2, -0.15) is 0 Å². The van der Waals surface area contributed by atoms with Gasteiger partial charge in [-0.3, -0.25) is 8.97 Å². The molecule has 0 unspecified atom stereocenters. The van der Waals surface area contributed by atoms with Gasteiger partial charge in [0.25, 0.3) is 0 Å². The van der Waals surface area contributed by atoms with Crippen LogP contribution in [0.2, 0.25) is 0 Å². The molecule has 12 aromatic rings. The van der Waals surface area contributed by atoms with Gasteiger partial charge in [0.15, 0.2) is 5.82 Å². The van der Waals surface area contributed by atoms with Crippen LogP contribution in [0.15, 0.2) is 194 Å². The molecule has 0 bridgehead atoms. The van der Waals surface area contributed by atoms with Crippen molar-refractivity contribution in [3.63, 3.8) is 0 Å². The first kappa shape index (κ1) is 32.3. The summed E-state index contributed by atoms with van der Waals surface area (Å²) in [7, 11) is 0. The average Bonchev–Trinajstić information content (AvgIpc) is 3.86. The number of para-hydroxylation sites is 3. The second kappa shape index (κ2) is 12.8. The molecule has 270 valence electrons. The van der Waals surface area contributed by atoms with Gasteiger partial charge in [-0.05, 0) is 70.4 Å². The zero-order valence-corrected chi connectivity index (χ0v) is 31.2. The second-order valence-corrected chi connectivity index (χ2v) is 14.7. The van der Waals surface area contributed by atoms with Crippen molar-refractivity contribution in [3.8, 4) is 51.0 Å². The maximum absolute atomic E-state index is 5.39. The minimum Gasteiger partial charge on any atom is -0.279 e. The van der Waals surface area contributed by atoms with Crippen molar-refractivity contribution in [2.75, 3.05) is 0 Å². The van der Waals surface area contributed by atoms with Crippen LogP contribution in [-0.4, -0.2) is 28.9 Å². The molecule has 4 heterocycles. The molecule has 0 saturated heterocycles. The third-order valence-electron chi connectivity index (χ3n) is 11.3. The normalized spacial score (nSPS) is 11.8. The number of benzene rings is 8. The van der Waals surface area contributed by atoms with Crippen LogP contribution in [0.4, 0.5) is 0 Å². The van der Waals surface area contributed by atoms with Crippen LogP contribution < -0.4 is 0 Å².